The van der Waals surface area contributed by atoms with Crippen molar-refractivity contribution in [3.05, 3.63) is 35.2 Å². The molecule has 0 aliphatic heterocycles. The molecule has 0 saturated heterocycles. The van der Waals surface area contributed by atoms with Crippen LogP contribution in [-0.2, 0) is 16.1 Å². The molecule has 3 atom stereocenters. The summed E-state index contributed by atoms with van der Waals surface area (Å²) in [6.45, 7) is 0.0280. The molecule has 0 unspecified atom stereocenters. The Labute approximate surface area is 145 Å². The Morgan fingerprint density at radius 1 is 1.21 bits per heavy atom. The largest absolute Gasteiger partial charge is 0.456 e. The van der Waals surface area contributed by atoms with Gasteiger partial charge in [-0.25, -0.2) is 0 Å². The molecule has 0 radical (unpaired) electrons. The Kier molecular flexibility index (Phi) is 4.27. The van der Waals surface area contributed by atoms with Gasteiger partial charge in [0.15, 0.2) is 6.61 Å². The average Bonchev–Trinajstić information content (AvgIpc) is 3.30. The molecule has 0 spiro atoms. The van der Waals surface area contributed by atoms with Crippen molar-refractivity contribution < 1.29 is 13.9 Å². The van der Waals surface area contributed by atoms with E-state index in [0.717, 1.165) is 17.4 Å². The summed E-state index contributed by atoms with van der Waals surface area (Å²) in [5.74, 6) is 2.60. The van der Waals surface area contributed by atoms with Crippen LogP contribution < -0.4 is 0 Å². The number of rotatable bonds is 5. The standard InChI is InChI=1S/C18H19ClN2O3/c19-15-5-3-12(4-6-15)18-21-20-16(24-18)10-23-17(22)9-14-8-11-1-2-13(14)7-11/h3-6,11,13-14H,1-2,7-10H2/t11-,13-,14+/m1/s1. The number of benzene rings is 1. The highest BCUT2D eigenvalue weighted by Crippen LogP contribution is 2.49. The molecule has 1 aromatic carbocycles. The van der Waals surface area contributed by atoms with Gasteiger partial charge in [0.05, 0.1) is 0 Å². The van der Waals surface area contributed by atoms with E-state index in [2.05, 4.69) is 10.2 Å². The molecule has 0 amide bonds. The Morgan fingerprint density at radius 3 is 2.75 bits per heavy atom. The molecular weight excluding hydrogens is 328 g/mol. The summed E-state index contributed by atoms with van der Waals surface area (Å²) in [6.07, 6.45) is 5.61. The van der Waals surface area contributed by atoms with Crippen LogP contribution in [0.2, 0.25) is 5.02 Å². The Hall–Kier alpha value is -1.88. The fraction of sp³-hybridized carbons (Fsp3) is 0.500. The predicted octanol–water partition coefficient (Wildman–Crippen LogP) is 4.26. The first-order chi connectivity index (χ1) is 11.7. The summed E-state index contributed by atoms with van der Waals surface area (Å²) >= 11 is 5.86. The van der Waals surface area contributed by atoms with Gasteiger partial charge < -0.3 is 9.15 Å². The Morgan fingerprint density at radius 2 is 2.04 bits per heavy atom. The molecule has 2 fully saturated rings. The van der Waals surface area contributed by atoms with Crippen molar-refractivity contribution in [2.24, 2.45) is 17.8 Å². The minimum absolute atomic E-state index is 0.0280. The highest BCUT2D eigenvalue weighted by atomic mass is 35.5. The topological polar surface area (TPSA) is 65.2 Å². The van der Waals surface area contributed by atoms with E-state index in [4.69, 9.17) is 20.8 Å². The number of ether oxygens (including phenoxy) is 1. The van der Waals surface area contributed by atoms with Crippen molar-refractivity contribution in [1.29, 1.82) is 0 Å². The Balaban J connectivity index is 1.30. The maximum absolute atomic E-state index is 12.0. The van der Waals surface area contributed by atoms with Crippen molar-refractivity contribution in [2.45, 2.75) is 38.7 Å². The third-order valence-electron chi connectivity index (χ3n) is 5.23. The molecule has 2 bridgehead atoms. The van der Waals surface area contributed by atoms with Crippen LogP contribution >= 0.6 is 11.6 Å². The predicted molar refractivity (Wildman–Crippen MR) is 88.1 cm³/mol. The van der Waals surface area contributed by atoms with Crippen LogP contribution in [0.1, 0.15) is 38.0 Å². The van der Waals surface area contributed by atoms with Crippen molar-refractivity contribution in [1.82, 2.24) is 10.2 Å². The maximum atomic E-state index is 12.0. The lowest BCUT2D eigenvalue weighted by molar-refractivity contribution is -0.147. The first kappa shape index (κ1) is 15.6. The van der Waals surface area contributed by atoms with Gasteiger partial charge in [-0.2, -0.15) is 0 Å². The number of carbonyl (C=O) groups is 1. The zero-order valence-electron chi connectivity index (χ0n) is 13.3. The van der Waals surface area contributed by atoms with Gasteiger partial charge in [-0.1, -0.05) is 18.0 Å². The minimum atomic E-state index is -0.168. The van der Waals surface area contributed by atoms with Crippen LogP contribution in [-0.4, -0.2) is 16.2 Å². The number of aromatic nitrogens is 2. The number of esters is 1. The van der Waals surface area contributed by atoms with Crippen LogP contribution in [0.5, 0.6) is 0 Å². The molecular formula is C18H19ClN2O3. The minimum Gasteiger partial charge on any atom is -0.456 e. The number of hydrogen-bond acceptors (Lipinski definition) is 5. The van der Waals surface area contributed by atoms with E-state index < -0.39 is 0 Å². The van der Waals surface area contributed by atoms with Gasteiger partial charge in [0.1, 0.15) is 0 Å². The molecule has 2 aromatic rings. The van der Waals surface area contributed by atoms with E-state index >= 15 is 0 Å². The lowest BCUT2D eigenvalue weighted by Gasteiger charge is -2.20. The molecule has 2 aliphatic rings. The van der Waals surface area contributed by atoms with E-state index in [-0.39, 0.29) is 12.6 Å². The number of nitrogens with zero attached hydrogens (tertiary/aromatic N) is 2. The summed E-state index contributed by atoms with van der Waals surface area (Å²) in [4.78, 5) is 12.0. The molecule has 126 valence electrons. The highest BCUT2D eigenvalue weighted by molar-refractivity contribution is 6.30. The SMILES string of the molecule is O=C(C[C@@H]1C[C@@H]2CC[C@@H]1C2)OCc1nnc(-c2ccc(Cl)cc2)o1. The van der Waals surface area contributed by atoms with E-state index in [1.807, 2.05) is 0 Å². The zero-order valence-corrected chi connectivity index (χ0v) is 14.0. The first-order valence-corrected chi connectivity index (χ1v) is 8.79. The second-order valence-electron chi connectivity index (χ2n) is 6.81. The summed E-state index contributed by atoms with van der Waals surface area (Å²) < 4.78 is 10.8. The summed E-state index contributed by atoms with van der Waals surface area (Å²) in [6, 6.07) is 7.13. The second-order valence-corrected chi connectivity index (χ2v) is 7.24. The van der Waals surface area contributed by atoms with Gasteiger partial charge in [0.25, 0.3) is 5.89 Å². The second kappa shape index (κ2) is 6.55. The molecule has 1 heterocycles. The number of hydrogen-bond donors (Lipinski definition) is 0. The third-order valence-corrected chi connectivity index (χ3v) is 5.48. The van der Waals surface area contributed by atoms with Gasteiger partial charge in [0, 0.05) is 17.0 Å². The molecule has 4 rings (SSSR count). The van der Waals surface area contributed by atoms with Gasteiger partial charge in [0.2, 0.25) is 5.89 Å². The van der Waals surface area contributed by atoms with Crippen LogP contribution in [0.3, 0.4) is 0 Å². The van der Waals surface area contributed by atoms with Crippen molar-refractivity contribution in [3.63, 3.8) is 0 Å². The van der Waals surface area contributed by atoms with E-state index in [0.29, 0.717) is 29.1 Å². The van der Waals surface area contributed by atoms with Crippen molar-refractivity contribution in [3.8, 4) is 11.5 Å². The number of fused-ring (bicyclic) bond motifs is 2. The highest BCUT2D eigenvalue weighted by Gasteiger charge is 2.40. The molecule has 1 aromatic heterocycles. The Bertz CT molecular complexity index is 728. The quantitative estimate of drug-likeness (QED) is 0.757. The third kappa shape index (κ3) is 3.31. The molecule has 6 heteroatoms. The van der Waals surface area contributed by atoms with Gasteiger partial charge in [-0.3, -0.25) is 4.79 Å². The van der Waals surface area contributed by atoms with Gasteiger partial charge in [-0.05, 0) is 61.3 Å². The fourth-order valence-corrected chi connectivity index (χ4v) is 4.19. The lowest BCUT2D eigenvalue weighted by Crippen LogP contribution is -2.17. The van der Waals surface area contributed by atoms with Crippen LogP contribution in [0.15, 0.2) is 28.7 Å². The first-order valence-electron chi connectivity index (χ1n) is 8.41. The molecule has 5 nitrogen and oxygen atoms in total. The van der Waals surface area contributed by atoms with Crippen molar-refractivity contribution >= 4 is 17.6 Å². The van der Waals surface area contributed by atoms with E-state index in [1.54, 1.807) is 24.3 Å². The molecule has 2 saturated carbocycles. The molecule has 0 N–H and O–H groups in total. The fourth-order valence-electron chi connectivity index (χ4n) is 4.06. The van der Waals surface area contributed by atoms with Crippen LogP contribution in [0.4, 0.5) is 0 Å². The van der Waals surface area contributed by atoms with Gasteiger partial charge >= 0.3 is 5.97 Å². The summed E-state index contributed by atoms with van der Waals surface area (Å²) in [5.41, 5.74) is 0.784. The van der Waals surface area contributed by atoms with Crippen molar-refractivity contribution in [2.75, 3.05) is 0 Å². The van der Waals surface area contributed by atoms with E-state index in [1.165, 1.54) is 25.7 Å². The molecule has 24 heavy (non-hydrogen) atoms. The smallest absolute Gasteiger partial charge is 0.306 e. The van der Waals surface area contributed by atoms with Gasteiger partial charge in [-0.15, -0.1) is 10.2 Å². The summed E-state index contributed by atoms with van der Waals surface area (Å²) in [5, 5.41) is 8.55. The normalized spacial score (nSPS) is 25.1. The van der Waals surface area contributed by atoms with E-state index in [9.17, 15) is 4.79 Å². The number of halogens is 1. The monoisotopic (exact) mass is 346 g/mol. The summed E-state index contributed by atoms with van der Waals surface area (Å²) in [7, 11) is 0. The lowest BCUT2D eigenvalue weighted by atomic mass is 9.86. The average molecular weight is 347 g/mol. The van der Waals surface area contributed by atoms with Crippen LogP contribution in [0, 0.1) is 17.8 Å². The number of carbonyl (C=O) groups excluding carboxylic acids is 1. The maximum Gasteiger partial charge on any atom is 0.306 e. The van der Waals surface area contributed by atoms with Crippen LogP contribution in [0.25, 0.3) is 11.5 Å². The molecule has 2 aliphatic carbocycles. The zero-order chi connectivity index (χ0) is 16.5.